The number of benzene rings is 2. The number of nitro benzene ring substituents is 1. The normalized spacial score (nSPS) is 21.3. The molecule has 2 aromatic rings. The van der Waals surface area contributed by atoms with Gasteiger partial charge in [-0.1, -0.05) is 24.8 Å². The zero-order chi connectivity index (χ0) is 26.9. The Balaban J connectivity index is 1.77. The molecule has 9 nitrogen and oxygen atoms in total. The van der Waals surface area contributed by atoms with Crippen LogP contribution in [0.1, 0.15) is 49.7 Å². The lowest BCUT2D eigenvalue weighted by Gasteiger charge is -2.40. The Morgan fingerprint density at radius 2 is 1.70 bits per heavy atom. The molecule has 37 heavy (non-hydrogen) atoms. The summed E-state index contributed by atoms with van der Waals surface area (Å²) in [5.74, 6) is -1.08. The SMILES string of the molecule is C=C1NC2=C(C(=O)CC(c3ccc(OC)c(OC)c3)C2)C(c2ccc([N+](=O)[O-])cc2)C1C(=O)OC(C)C. The third-order valence-corrected chi connectivity index (χ3v) is 6.79. The molecule has 2 aromatic carbocycles. The lowest BCUT2D eigenvalue weighted by Crippen LogP contribution is -2.42. The van der Waals surface area contributed by atoms with Gasteiger partial charge in [0.15, 0.2) is 17.3 Å². The molecular formula is C28H30N2O7. The van der Waals surface area contributed by atoms with E-state index in [1.54, 1.807) is 40.2 Å². The van der Waals surface area contributed by atoms with Crippen LogP contribution in [0.15, 0.2) is 66.0 Å². The van der Waals surface area contributed by atoms with Crippen molar-refractivity contribution >= 4 is 17.4 Å². The van der Waals surface area contributed by atoms with Gasteiger partial charge in [-0.05, 0) is 49.4 Å². The first-order valence-electron chi connectivity index (χ1n) is 12.0. The summed E-state index contributed by atoms with van der Waals surface area (Å²) < 4.78 is 16.3. The van der Waals surface area contributed by atoms with Gasteiger partial charge < -0.3 is 19.5 Å². The van der Waals surface area contributed by atoms with E-state index in [-0.39, 0.29) is 29.9 Å². The fourth-order valence-electron chi connectivity index (χ4n) is 5.14. The van der Waals surface area contributed by atoms with Crippen LogP contribution in [0.2, 0.25) is 0 Å². The standard InChI is InChI=1S/C28H30N2O7/c1-15(2)37-28(32)25-16(3)29-21-12-19(18-8-11-23(35-4)24(14-18)36-5)13-22(31)27(21)26(25)17-6-9-20(10-7-17)30(33)34/h6-11,14-15,19,25-26,29H,3,12-13H2,1-2,4-5H3. The van der Waals surface area contributed by atoms with Crippen LogP contribution in [0.4, 0.5) is 5.69 Å². The number of nitrogens with zero attached hydrogens (tertiary/aromatic N) is 1. The van der Waals surface area contributed by atoms with E-state index < -0.39 is 22.7 Å². The molecule has 2 aliphatic rings. The minimum absolute atomic E-state index is 0.0736. The number of hydrogen-bond acceptors (Lipinski definition) is 8. The molecule has 0 aromatic heterocycles. The van der Waals surface area contributed by atoms with Gasteiger partial charge in [0, 0.05) is 41.4 Å². The van der Waals surface area contributed by atoms with E-state index in [2.05, 4.69) is 11.9 Å². The van der Waals surface area contributed by atoms with Crippen molar-refractivity contribution in [1.29, 1.82) is 0 Å². The number of carbonyl (C=O) groups excluding carboxylic acids is 2. The quantitative estimate of drug-likeness (QED) is 0.324. The number of hydrogen-bond donors (Lipinski definition) is 1. The number of esters is 1. The Labute approximate surface area is 215 Å². The van der Waals surface area contributed by atoms with Crippen LogP contribution < -0.4 is 14.8 Å². The molecule has 0 saturated heterocycles. The van der Waals surface area contributed by atoms with Gasteiger partial charge >= 0.3 is 5.97 Å². The first-order valence-corrected chi connectivity index (χ1v) is 12.0. The van der Waals surface area contributed by atoms with Crippen LogP contribution in [-0.2, 0) is 14.3 Å². The molecule has 194 valence electrons. The van der Waals surface area contributed by atoms with Crippen molar-refractivity contribution in [2.75, 3.05) is 14.2 Å². The Hall–Kier alpha value is -4.14. The molecule has 0 amide bonds. The second kappa shape index (κ2) is 10.5. The summed E-state index contributed by atoms with van der Waals surface area (Å²) in [7, 11) is 3.13. The van der Waals surface area contributed by atoms with Crippen LogP contribution in [0.3, 0.4) is 0 Å². The fourth-order valence-corrected chi connectivity index (χ4v) is 5.14. The predicted molar refractivity (Wildman–Crippen MR) is 136 cm³/mol. The van der Waals surface area contributed by atoms with Gasteiger partial charge in [0.2, 0.25) is 0 Å². The maximum Gasteiger partial charge on any atom is 0.316 e. The highest BCUT2D eigenvalue weighted by atomic mass is 16.6. The van der Waals surface area contributed by atoms with Crippen molar-refractivity contribution in [3.05, 3.63) is 87.3 Å². The van der Waals surface area contributed by atoms with E-state index in [0.717, 1.165) is 5.56 Å². The molecule has 4 rings (SSSR count). The molecule has 0 bridgehead atoms. The Kier molecular flexibility index (Phi) is 7.33. The first-order chi connectivity index (χ1) is 17.6. The molecule has 0 fully saturated rings. The summed E-state index contributed by atoms with van der Waals surface area (Å²) in [6.45, 7) is 7.61. The zero-order valence-corrected chi connectivity index (χ0v) is 21.3. The Morgan fingerprint density at radius 1 is 1.05 bits per heavy atom. The summed E-state index contributed by atoms with van der Waals surface area (Å²) in [6.07, 6.45) is 0.396. The van der Waals surface area contributed by atoms with Gasteiger partial charge in [-0.15, -0.1) is 0 Å². The summed E-state index contributed by atoms with van der Waals surface area (Å²) in [4.78, 5) is 37.6. The van der Waals surface area contributed by atoms with Crippen molar-refractivity contribution in [2.45, 2.75) is 44.6 Å². The third kappa shape index (κ3) is 5.07. The van der Waals surface area contributed by atoms with Gasteiger partial charge in [-0.2, -0.15) is 0 Å². The van der Waals surface area contributed by atoms with Crippen LogP contribution in [0, 0.1) is 16.0 Å². The maximum atomic E-state index is 13.7. The highest BCUT2D eigenvalue weighted by Crippen LogP contribution is 2.48. The van der Waals surface area contributed by atoms with Gasteiger partial charge in [0.25, 0.3) is 5.69 Å². The van der Waals surface area contributed by atoms with E-state index >= 15 is 0 Å². The number of methoxy groups -OCH3 is 2. The molecule has 3 unspecified atom stereocenters. The minimum Gasteiger partial charge on any atom is -0.493 e. The summed E-state index contributed by atoms with van der Waals surface area (Å²) >= 11 is 0. The topological polar surface area (TPSA) is 117 Å². The number of ketones is 1. The monoisotopic (exact) mass is 506 g/mol. The molecule has 0 spiro atoms. The van der Waals surface area contributed by atoms with Crippen molar-refractivity contribution in [2.24, 2.45) is 5.92 Å². The van der Waals surface area contributed by atoms with Gasteiger partial charge in [-0.3, -0.25) is 19.7 Å². The van der Waals surface area contributed by atoms with Crippen molar-refractivity contribution in [3.8, 4) is 11.5 Å². The van der Waals surface area contributed by atoms with E-state index in [4.69, 9.17) is 14.2 Å². The average molecular weight is 507 g/mol. The predicted octanol–water partition coefficient (Wildman–Crippen LogP) is 4.78. The lowest BCUT2D eigenvalue weighted by molar-refractivity contribution is -0.384. The van der Waals surface area contributed by atoms with Gasteiger partial charge in [0.1, 0.15) is 5.92 Å². The minimum atomic E-state index is -0.857. The number of Topliss-reactive ketones (excluding diaryl/α,β-unsaturated/α-hetero) is 1. The number of carbonyl (C=O) groups is 2. The second-order valence-corrected chi connectivity index (χ2v) is 9.47. The summed E-state index contributed by atoms with van der Waals surface area (Å²) in [5, 5.41) is 14.4. The highest BCUT2D eigenvalue weighted by molar-refractivity contribution is 6.01. The van der Waals surface area contributed by atoms with E-state index in [0.29, 0.717) is 40.5 Å². The van der Waals surface area contributed by atoms with Gasteiger partial charge in [0.05, 0.1) is 25.2 Å². The Bertz CT molecular complexity index is 1280. The molecule has 1 aliphatic heterocycles. The molecule has 0 radical (unpaired) electrons. The lowest BCUT2D eigenvalue weighted by atomic mass is 9.69. The Morgan fingerprint density at radius 3 is 2.30 bits per heavy atom. The fraction of sp³-hybridized carbons (Fsp3) is 0.357. The maximum absolute atomic E-state index is 13.7. The van der Waals surface area contributed by atoms with E-state index in [1.807, 2.05) is 18.2 Å². The zero-order valence-electron chi connectivity index (χ0n) is 21.3. The number of rotatable bonds is 7. The van der Waals surface area contributed by atoms with Gasteiger partial charge in [-0.25, -0.2) is 0 Å². The van der Waals surface area contributed by atoms with Crippen LogP contribution in [0.5, 0.6) is 11.5 Å². The molecule has 3 atom stereocenters. The van der Waals surface area contributed by atoms with E-state index in [1.165, 1.54) is 12.1 Å². The number of non-ortho nitro benzene ring substituents is 1. The summed E-state index contributed by atoms with van der Waals surface area (Å²) in [5.41, 5.74) is 3.08. The van der Waals surface area contributed by atoms with E-state index in [9.17, 15) is 19.7 Å². The van der Waals surface area contributed by atoms with Crippen molar-refractivity contribution in [1.82, 2.24) is 5.32 Å². The average Bonchev–Trinajstić information content (AvgIpc) is 2.86. The second-order valence-electron chi connectivity index (χ2n) is 9.47. The summed E-state index contributed by atoms with van der Waals surface area (Å²) in [6, 6.07) is 11.5. The molecule has 9 heteroatoms. The number of ether oxygens (including phenoxy) is 3. The number of allylic oxidation sites excluding steroid dienone is 2. The number of nitrogens with one attached hydrogen (secondary N) is 1. The van der Waals surface area contributed by atoms with Crippen LogP contribution in [0.25, 0.3) is 0 Å². The molecular weight excluding hydrogens is 476 g/mol. The molecule has 1 aliphatic carbocycles. The first kappa shape index (κ1) is 25.9. The van der Waals surface area contributed by atoms with Crippen LogP contribution >= 0.6 is 0 Å². The molecule has 1 heterocycles. The third-order valence-electron chi connectivity index (χ3n) is 6.79. The van der Waals surface area contributed by atoms with Crippen LogP contribution in [-0.4, -0.2) is 37.0 Å². The van der Waals surface area contributed by atoms with Crippen molar-refractivity contribution in [3.63, 3.8) is 0 Å². The molecule has 1 N–H and O–H groups in total. The number of nitro groups is 1. The smallest absolute Gasteiger partial charge is 0.316 e. The van der Waals surface area contributed by atoms with Crippen molar-refractivity contribution < 1.29 is 28.7 Å². The largest absolute Gasteiger partial charge is 0.493 e. The molecule has 0 saturated carbocycles. The highest BCUT2D eigenvalue weighted by Gasteiger charge is 2.45.